The van der Waals surface area contributed by atoms with E-state index in [0.717, 1.165) is 70.6 Å². The number of aliphatic carboxylic acids is 1. The number of ether oxygens (including phenoxy) is 1. The van der Waals surface area contributed by atoms with Crippen LogP contribution in [0.15, 0.2) is 48.6 Å². The number of aliphatic hydroxyl groups excluding tert-OH is 1. The third-order valence-corrected chi connectivity index (χ3v) is 12.0. The van der Waals surface area contributed by atoms with Gasteiger partial charge >= 0.3 is 19.8 Å². The summed E-state index contributed by atoms with van der Waals surface area (Å²) in [5.74, 6) is -2.38. The van der Waals surface area contributed by atoms with Gasteiger partial charge in [-0.3, -0.25) is 18.6 Å². The van der Waals surface area contributed by atoms with E-state index in [0.29, 0.717) is 12.8 Å². The van der Waals surface area contributed by atoms with Crippen LogP contribution in [-0.2, 0) is 32.7 Å². The molecule has 0 heterocycles. The lowest BCUT2D eigenvalue weighted by Gasteiger charge is -2.18. The number of amides is 1. The quantitative estimate of drug-likeness (QED) is 0.0199. The molecule has 0 aromatic rings. The van der Waals surface area contributed by atoms with Crippen LogP contribution in [-0.4, -0.2) is 64.9 Å². The normalized spacial score (nSPS) is 13.9. The van der Waals surface area contributed by atoms with E-state index in [1.54, 1.807) is 0 Å². The molecular formula is C52H94NO10P. The Morgan fingerprint density at radius 3 is 1.27 bits per heavy atom. The predicted octanol–water partition coefficient (Wildman–Crippen LogP) is 14.1. The summed E-state index contributed by atoms with van der Waals surface area (Å²) in [5, 5.41) is 21.9. The van der Waals surface area contributed by atoms with Gasteiger partial charge in [0.1, 0.15) is 12.7 Å². The summed E-state index contributed by atoms with van der Waals surface area (Å²) in [6.45, 7) is 2.56. The minimum Gasteiger partial charge on any atom is -0.480 e. The summed E-state index contributed by atoms with van der Waals surface area (Å²) in [5.41, 5.74) is 0. The van der Waals surface area contributed by atoms with Gasteiger partial charge in [-0.05, 0) is 77.0 Å². The summed E-state index contributed by atoms with van der Waals surface area (Å²) in [6.07, 6.45) is 54.1. The molecule has 0 saturated carbocycles. The molecule has 0 bridgehead atoms. The first-order valence-corrected chi connectivity index (χ1v) is 27.2. The number of unbranched alkanes of at least 4 members (excludes halogenated alkanes) is 26. The average Bonchev–Trinajstić information content (AvgIpc) is 3.27. The lowest BCUT2D eigenvalue weighted by molar-refractivity contribution is -0.147. The summed E-state index contributed by atoms with van der Waals surface area (Å²) in [6, 6.07) is -1.55. The van der Waals surface area contributed by atoms with Gasteiger partial charge in [-0.15, -0.1) is 0 Å². The van der Waals surface area contributed by atoms with Crippen LogP contribution >= 0.6 is 7.82 Å². The first-order valence-electron chi connectivity index (χ1n) is 25.7. The molecule has 0 saturated heterocycles. The maximum Gasteiger partial charge on any atom is 0.472 e. The van der Waals surface area contributed by atoms with Crippen molar-refractivity contribution in [1.29, 1.82) is 0 Å². The zero-order valence-electron chi connectivity index (χ0n) is 40.6. The largest absolute Gasteiger partial charge is 0.480 e. The first-order chi connectivity index (χ1) is 31.1. The van der Waals surface area contributed by atoms with Crippen molar-refractivity contribution >= 4 is 25.7 Å². The van der Waals surface area contributed by atoms with Gasteiger partial charge in [0.2, 0.25) is 5.91 Å². The molecule has 64 heavy (non-hydrogen) atoms. The SMILES string of the molecule is CCCCC/C=C\C/C=C\CCCCCCCCCCCCCCCC(=O)OCC(O)COP(=O)(O)OCC(NC(=O)CCCCCCCCC/C=C\C/C=C\CCCCC)C(=O)O. The van der Waals surface area contributed by atoms with Crippen LogP contribution in [0.3, 0.4) is 0 Å². The Balaban J connectivity index is 3.81. The topological polar surface area (TPSA) is 169 Å². The molecule has 4 N–H and O–H groups in total. The van der Waals surface area contributed by atoms with Crippen LogP contribution in [0, 0.1) is 0 Å². The van der Waals surface area contributed by atoms with Crippen LogP contribution in [0.25, 0.3) is 0 Å². The number of carbonyl (C=O) groups excluding carboxylic acids is 2. The number of hydrogen-bond donors (Lipinski definition) is 4. The van der Waals surface area contributed by atoms with E-state index < -0.39 is 57.6 Å². The summed E-state index contributed by atoms with van der Waals surface area (Å²) in [7, 11) is -4.76. The van der Waals surface area contributed by atoms with Crippen molar-refractivity contribution in [3.63, 3.8) is 0 Å². The highest BCUT2D eigenvalue weighted by molar-refractivity contribution is 7.47. The van der Waals surface area contributed by atoms with Crippen molar-refractivity contribution in [3.8, 4) is 0 Å². The van der Waals surface area contributed by atoms with Crippen molar-refractivity contribution in [2.75, 3.05) is 19.8 Å². The lowest BCUT2D eigenvalue weighted by Crippen LogP contribution is -2.43. The number of phosphoric ester groups is 1. The first kappa shape index (κ1) is 61.4. The minimum atomic E-state index is -4.76. The molecule has 0 rings (SSSR count). The van der Waals surface area contributed by atoms with Crippen molar-refractivity contribution < 1.29 is 47.8 Å². The van der Waals surface area contributed by atoms with Crippen LogP contribution in [0.2, 0.25) is 0 Å². The summed E-state index contributed by atoms with van der Waals surface area (Å²) >= 11 is 0. The molecule has 0 aliphatic carbocycles. The highest BCUT2D eigenvalue weighted by atomic mass is 31.2. The Bertz CT molecular complexity index is 1270. The van der Waals surface area contributed by atoms with Crippen molar-refractivity contribution in [2.24, 2.45) is 0 Å². The van der Waals surface area contributed by atoms with Gasteiger partial charge in [0, 0.05) is 12.8 Å². The smallest absolute Gasteiger partial charge is 0.472 e. The number of phosphoric acid groups is 1. The third-order valence-electron chi connectivity index (χ3n) is 11.1. The Labute approximate surface area is 390 Å². The minimum absolute atomic E-state index is 0.136. The lowest BCUT2D eigenvalue weighted by atomic mass is 10.0. The number of allylic oxidation sites excluding steroid dienone is 8. The Morgan fingerprint density at radius 2 is 0.859 bits per heavy atom. The molecule has 0 fully saturated rings. The molecule has 0 aliphatic heterocycles. The van der Waals surface area contributed by atoms with Crippen LogP contribution < -0.4 is 5.32 Å². The molecule has 0 aromatic heterocycles. The second-order valence-corrected chi connectivity index (χ2v) is 18.8. The Hall–Kier alpha value is -2.56. The van der Waals surface area contributed by atoms with E-state index >= 15 is 0 Å². The molecule has 3 unspecified atom stereocenters. The molecule has 0 aliphatic rings. The van der Waals surface area contributed by atoms with Gasteiger partial charge in [0.25, 0.3) is 0 Å². The van der Waals surface area contributed by atoms with Gasteiger partial charge in [-0.2, -0.15) is 0 Å². The van der Waals surface area contributed by atoms with E-state index in [2.05, 4.69) is 67.8 Å². The van der Waals surface area contributed by atoms with Gasteiger partial charge in [-0.1, -0.05) is 191 Å². The average molecular weight is 924 g/mol. The molecule has 0 radical (unpaired) electrons. The number of carboxylic acid groups (broad SMARTS) is 1. The van der Waals surface area contributed by atoms with Crippen LogP contribution in [0.1, 0.15) is 232 Å². The van der Waals surface area contributed by atoms with E-state index in [1.807, 2.05) is 0 Å². The molecular weight excluding hydrogens is 830 g/mol. The predicted molar refractivity (Wildman–Crippen MR) is 263 cm³/mol. The Kier molecular flexibility index (Phi) is 45.1. The number of carboxylic acids is 1. The van der Waals surface area contributed by atoms with E-state index in [4.69, 9.17) is 13.8 Å². The molecule has 12 heteroatoms. The molecule has 0 aromatic carbocycles. The number of esters is 1. The van der Waals surface area contributed by atoms with Crippen LogP contribution in [0.4, 0.5) is 0 Å². The molecule has 11 nitrogen and oxygen atoms in total. The number of rotatable bonds is 48. The fourth-order valence-corrected chi connectivity index (χ4v) is 7.85. The fourth-order valence-electron chi connectivity index (χ4n) is 7.08. The Morgan fingerprint density at radius 1 is 0.500 bits per heavy atom. The van der Waals surface area contributed by atoms with E-state index in [-0.39, 0.29) is 12.8 Å². The number of aliphatic hydroxyl groups is 1. The van der Waals surface area contributed by atoms with Gasteiger partial charge in [0.05, 0.1) is 13.2 Å². The van der Waals surface area contributed by atoms with E-state index in [1.165, 1.54) is 122 Å². The van der Waals surface area contributed by atoms with Gasteiger partial charge in [0.15, 0.2) is 6.04 Å². The number of carbonyl (C=O) groups is 3. The number of hydrogen-bond acceptors (Lipinski definition) is 8. The standard InChI is InChI=1S/C52H94NO10P/c1-3-5-7-9-11-13-15-17-19-21-22-23-24-25-26-28-30-32-34-36-38-40-42-44-51(56)61-45-48(54)46-62-64(59,60)63-47-49(52(57)58)53-50(55)43-41-39-37-35-33-31-29-27-20-18-16-14-12-10-8-6-4-2/h11-14,17-20,48-49,54H,3-10,15-16,21-47H2,1-2H3,(H,53,55)(H,57,58)(H,59,60)/b13-11-,14-12-,19-17-,20-18-. The molecule has 0 spiro atoms. The maximum atomic E-state index is 12.3. The van der Waals surface area contributed by atoms with Crippen molar-refractivity contribution in [2.45, 2.75) is 244 Å². The highest BCUT2D eigenvalue weighted by Gasteiger charge is 2.28. The monoisotopic (exact) mass is 924 g/mol. The second kappa shape index (κ2) is 47.0. The highest BCUT2D eigenvalue weighted by Crippen LogP contribution is 2.43. The van der Waals surface area contributed by atoms with Gasteiger partial charge in [-0.25, -0.2) is 9.36 Å². The maximum absolute atomic E-state index is 12.3. The number of nitrogens with one attached hydrogen (secondary N) is 1. The zero-order valence-corrected chi connectivity index (χ0v) is 41.5. The molecule has 372 valence electrons. The second-order valence-electron chi connectivity index (χ2n) is 17.4. The van der Waals surface area contributed by atoms with Crippen LogP contribution in [0.5, 0.6) is 0 Å². The summed E-state index contributed by atoms with van der Waals surface area (Å²) < 4.78 is 26.9. The summed E-state index contributed by atoms with van der Waals surface area (Å²) in [4.78, 5) is 46.1. The zero-order chi connectivity index (χ0) is 47.0. The molecule has 1 amide bonds. The van der Waals surface area contributed by atoms with Gasteiger partial charge < -0.3 is 25.2 Å². The van der Waals surface area contributed by atoms with E-state index in [9.17, 15) is 34.1 Å². The fraction of sp³-hybridized carbons (Fsp3) is 0.788. The van der Waals surface area contributed by atoms with Crippen molar-refractivity contribution in [1.82, 2.24) is 5.32 Å². The van der Waals surface area contributed by atoms with Crippen molar-refractivity contribution in [3.05, 3.63) is 48.6 Å². The third kappa shape index (κ3) is 46.0. The molecule has 3 atom stereocenters.